The van der Waals surface area contributed by atoms with E-state index in [0.717, 1.165) is 5.56 Å². The summed E-state index contributed by atoms with van der Waals surface area (Å²) in [5.41, 5.74) is 2.39. The van der Waals surface area contributed by atoms with Gasteiger partial charge in [-0.2, -0.15) is 0 Å². The number of hydrogen-bond donors (Lipinski definition) is 0. The maximum absolute atomic E-state index is 13.3. The van der Waals surface area contributed by atoms with Crippen LogP contribution in [0.3, 0.4) is 0 Å². The fourth-order valence-electron chi connectivity index (χ4n) is 3.57. The fraction of sp³-hybridized carbons (Fsp3) is 0.160. The van der Waals surface area contributed by atoms with Crippen LogP contribution in [0.2, 0.25) is 0 Å². The summed E-state index contributed by atoms with van der Waals surface area (Å²) >= 11 is 0. The van der Waals surface area contributed by atoms with Crippen molar-refractivity contribution in [1.82, 2.24) is 0 Å². The van der Waals surface area contributed by atoms with E-state index >= 15 is 0 Å². The number of ether oxygens (including phenoxy) is 1. The lowest BCUT2D eigenvalue weighted by Crippen LogP contribution is -2.39. The molecule has 3 aromatic rings. The van der Waals surface area contributed by atoms with E-state index in [9.17, 15) is 14.4 Å². The normalized spacial score (nSPS) is 15.5. The molecule has 5 heteroatoms. The maximum atomic E-state index is 13.3. The lowest BCUT2D eigenvalue weighted by atomic mass is 10.00. The third kappa shape index (κ3) is 4.15. The van der Waals surface area contributed by atoms with E-state index in [1.165, 1.54) is 0 Å². The third-order valence-corrected chi connectivity index (χ3v) is 5.08. The molecule has 1 amide bonds. The van der Waals surface area contributed by atoms with Crippen molar-refractivity contribution in [3.8, 4) is 0 Å². The summed E-state index contributed by atoms with van der Waals surface area (Å²) in [6.07, 6.45) is -0.265. The SMILES string of the molecule is O=C1CCC(C(=O)N(Cc2ccccc2)c2ccccc2C(=O)c2ccccc2)O1. The van der Waals surface area contributed by atoms with Gasteiger partial charge in [0.25, 0.3) is 5.91 Å². The van der Waals surface area contributed by atoms with Crippen LogP contribution in [0.5, 0.6) is 0 Å². The number of ketones is 1. The first-order chi connectivity index (χ1) is 14.6. The van der Waals surface area contributed by atoms with Crippen molar-refractivity contribution in [3.05, 3.63) is 102 Å². The Balaban J connectivity index is 1.74. The van der Waals surface area contributed by atoms with Gasteiger partial charge in [0.05, 0.1) is 12.2 Å². The molecule has 1 saturated heterocycles. The maximum Gasteiger partial charge on any atom is 0.306 e. The van der Waals surface area contributed by atoms with E-state index in [1.807, 2.05) is 36.4 Å². The second-order valence-corrected chi connectivity index (χ2v) is 7.14. The van der Waals surface area contributed by atoms with Gasteiger partial charge < -0.3 is 9.64 Å². The van der Waals surface area contributed by atoms with Crippen molar-refractivity contribution < 1.29 is 19.1 Å². The zero-order valence-electron chi connectivity index (χ0n) is 16.4. The average molecular weight is 399 g/mol. The first-order valence-electron chi connectivity index (χ1n) is 9.87. The lowest BCUT2D eigenvalue weighted by Gasteiger charge is -2.27. The largest absolute Gasteiger partial charge is 0.452 e. The highest BCUT2D eigenvalue weighted by Gasteiger charge is 2.35. The molecule has 0 aromatic heterocycles. The molecule has 4 rings (SSSR count). The third-order valence-electron chi connectivity index (χ3n) is 5.08. The number of hydrogen-bond acceptors (Lipinski definition) is 4. The lowest BCUT2D eigenvalue weighted by molar-refractivity contribution is -0.147. The summed E-state index contributed by atoms with van der Waals surface area (Å²) in [5, 5.41) is 0. The summed E-state index contributed by atoms with van der Waals surface area (Å²) in [7, 11) is 0. The van der Waals surface area contributed by atoms with Crippen LogP contribution in [0.1, 0.15) is 34.3 Å². The average Bonchev–Trinajstić information content (AvgIpc) is 3.24. The van der Waals surface area contributed by atoms with Gasteiger partial charge in [-0.25, -0.2) is 0 Å². The van der Waals surface area contributed by atoms with Gasteiger partial charge in [-0.3, -0.25) is 14.4 Å². The van der Waals surface area contributed by atoms with Crippen molar-refractivity contribution in [2.45, 2.75) is 25.5 Å². The first-order valence-corrected chi connectivity index (χ1v) is 9.87. The molecule has 1 atom stereocenters. The standard InChI is InChI=1S/C25H21NO4/c27-23-16-15-22(30-23)25(29)26(17-18-9-3-1-4-10-18)21-14-8-7-13-20(21)24(28)19-11-5-2-6-12-19/h1-14,22H,15-17H2. The van der Waals surface area contributed by atoms with Crippen LogP contribution in [0.15, 0.2) is 84.9 Å². The highest BCUT2D eigenvalue weighted by molar-refractivity contribution is 6.14. The number of para-hydroxylation sites is 1. The van der Waals surface area contributed by atoms with Crippen molar-refractivity contribution in [2.75, 3.05) is 4.90 Å². The molecular weight excluding hydrogens is 378 g/mol. The molecule has 30 heavy (non-hydrogen) atoms. The predicted octanol–water partition coefficient (Wildman–Crippen LogP) is 4.16. The number of anilines is 1. The van der Waals surface area contributed by atoms with E-state index in [0.29, 0.717) is 23.2 Å². The molecule has 0 aliphatic carbocycles. The van der Waals surface area contributed by atoms with Crippen molar-refractivity contribution in [1.29, 1.82) is 0 Å². The number of esters is 1. The van der Waals surface area contributed by atoms with Gasteiger partial charge in [0.1, 0.15) is 0 Å². The van der Waals surface area contributed by atoms with Gasteiger partial charge >= 0.3 is 5.97 Å². The molecule has 1 fully saturated rings. The van der Waals surface area contributed by atoms with Crippen molar-refractivity contribution >= 4 is 23.3 Å². The quantitative estimate of drug-likeness (QED) is 0.461. The van der Waals surface area contributed by atoms with Gasteiger partial charge in [-0.1, -0.05) is 72.8 Å². The molecule has 5 nitrogen and oxygen atoms in total. The Morgan fingerprint density at radius 3 is 2.17 bits per heavy atom. The molecule has 3 aromatic carbocycles. The Morgan fingerprint density at radius 1 is 0.867 bits per heavy atom. The van der Waals surface area contributed by atoms with Crippen LogP contribution in [0, 0.1) is 0 Å². The Hall–Kier alpha value is -3.73. The second kappa shape index (κ2) is 8.74. The van der Waals surface area contributed by atoms with E-state index in [-0.39, 0.29) is 30.6 Å². The highest BCUT2D eigenvalue weighted by atomic mass is 16.6. The van der Waals surface area contributed by atoms with Crippen LogP contribution in [-0.4, -0.2) is 23.8 Å². The van der Waals surface area contributed by atoms with Crippen LogP contribution in [-0.2, 0) is 20.9 Å². The molecule has 0 bridgehead atoms. The second-order valence-electron chi connectivity index (χ2n) is 7.14. The fourth-order valence-corrected chi connectivity index (χ4v) is 3.57. The van der Waals surface area contributed by atoms with E-state index in [4.69, 9.17) is 4.74 Å². The van der Waals surface area contributed by atoms with E-state index in [2.05, 4.69) is 0 Å². The van der Waals surface area contributed by atoms with E-state index in [1.54, 1.807) is 53.4 Å². The zero-order valence-corrected chi connectivity index (χ0v) is 16.4. The molecule has 0 radical (unpaired) electrons. The van der Waals surface area contributed by atoms with Crippen molar-refractivity contribution in [3.63, 3.8) is 0 Å². The van der Waals surface area contributed by atoms with Gasteiger partial charge in [0.2, 0.25) is 0 Å². The number of amides is 1. The minimum absolute atomic E-state index is 0.166. The molecule has 0 saturated carbocycles. The number of nitrogens with zero attached hydrogens (tertiary/aromatic N) is 1. The number of benzene rings is 3. The molecule has 1 aliphatic heterocycles. The van der Waals surface area contributed by atoms with E-state index < -0.39 is 6.10 Å². The van der Waals surface area contributed by atoms with Crippen molar-refractivity contribution in [2.24, 2.45) is 0 Å². The summed E-state index contributed by atoms with van der Waals surface area (Å²) < 4.78 is 5.23. The van der Waals surface area contributed by atoms with Crippen LogP contribution >= 0.6 is 0 Å². The molecule has 0 spiro atoms. The molecule has 1 heterocycles. The Labute approximate surface area is 174 Å². The monoisotopic (exact) mass is 399 g/mol. The van der Waals surface area contributed by atoms with Gasteiger partial charge in [-0.05, 0) is 17.7 Å². The smallest absolute Gasteiger partial charge is 0.306 e. The van der Waals surface area contributed by atoms with Crippen LogP contribution in [0.4, 0.5) is 5.69 Å². The molecule has 0 N–H and O–H groups in total. The van der Waals surface area contributed by atoms with Gasteiger partial charge in [0.15, 0.2) is 11.9 Å². The van der Waals surface area contributed by atoms with Gasteiger partial charge in [-0.15, -0.1) is 0 Å². The minimum Gasteiger partial charge on any atom is -0.452 e. The Morgan fingerprint density at radius 2 is 1.50 bits per heavy atom. The number of rotatable bonds is 6. The first kappa shape index (κ1) is 19.6. The summed E-state index contributed by atoms with van der Waals surface area (Å²) in [4.78, 5) is 39.7. The molecular formula is C25H21NO4. The van der Waals surface area contributed by atoms with Crippen LogP contribution in [0.25, 0.3) is 0 Å². The molecule has 1 unspecified atom stereocenters. The van der Waals surface area contributed by atoms with Gasteiger partial charge in [0, 0.05) is 24.0 Å². The number of cyclic esters (lactones) is 1. The summed E-state index contributed by atoms with van der Waals surface area (Å²) in [5.74, 6) is -0.861. The topological polar surface area (TPSA) is 63.7 Å². The summed E-state index contributed by atoms with van der Waals surface area (Å²) in [6, 6.07) is 25.6. The zero-order chi connectivity index (χ0) is 20.9. The predicted molar refractivity (Wildman–Crippen MR) is 113 cm³/mol. The Kier molecular flexibility index (Phi) is 5.70. The summed E-state index contributed by atoms with van der Waals surface area (Å²) in [6.45, 7) is 0.271. The minimum atomic E-state index is -0.832. The Bertz CT molecular complexity index is 1060. The number of carbonyl (C=O) groups excluding carboxylic acids is 3. The number of carbonyl (C=O) groups is 3. The highest BCUT2D eigenvalue weighted by Crippen LogP contribution is 2.28. The molecule has 150 valence electrons. The molecule has 1 aliphatic rings. The van der Waals surface area contributed by atoms with Crippen LogP contribution < -0.4 is 4.90 Å².